The van der Waals surface area contributed by atoms with Crippen molar-refractivity contribution in [1.82, 2.24) is 10.3 Å². The van der Waals surface area contributed by atoms with Gasteiger partial charge in [-0.3, -0.25) is 0 Å². The molecule has 2 aliphatic rings. The molecule has 2 aliphatic carbocycles. The number of benzene rings is 1. The van der Waals surface area contributed by atoms with Crippen LogP contribution in [0.5, 0.6) is 0 Å². The number of thiazole rings is 1. The minimum absolute atomic E-state index is 0.160. The number of nitrogens with one attached hydrogen (secondary N) is 1. The van der Waals surface area contributed by atoms with E-state index in [4.69, 9.17) is 16.6 Å². The number of hydrogen-bond donors (Lipinski definition) is 1. The molecule has 0 atom stereocenters. The van der Waals surface area contributed by atoms with E-state index < -0.39 is 0 Å². The molecule has 110 valence electrons. The van der Waals surface area contributed by atoms with Crippen molar-refractivity contribution in [3.8, 4) is 10.6 Å². The molecular formula is C16H16ClFN2S. The van der Waals surface area contributed by atoms with Crippen LogP contribution in [-0.4, -0.2) is 11.0 Å². The second-order valence-corrected chi connectivity index (χ2v) is 7.38. The van der Waals surface area contributed by atoms with Gasteiger partial charge in [0.2, 0.25) is 0 Å². The van der Waals surface area contributed by atoms with E-state index >= 15 is 0 Å². The van der Waals surface area contributed by atoms with Crippen molar-refractivity contribution in [2.24, 2.45) is 0 Å². The first-order valence-corrected chi connectivity index (χ1v) is 8.58. The summed E-state index contributed by atoms with van der Waals surface area (Å²) in [7, 11) is 0. The lowest BCUT2D eigenvalue weighted by Crippen LogP contribution is -2.15. The molecule has 0 unspecified atom stereocenters. The predicted molar refractivity (Wildman–Crippen MR) is 84.4 cm³/mol. The zero-order chi connectivity index (χ0) is 14.4. The predicted octanol–water partition coefficient (Wildman–Crippen LogP) is 4.73. The molecule has 0 saturated heterocycles. The monoisotopic (exact) mass is 322 g/mol. The third kappa shape index (κ3) is 2.98. The molecule has 1 aromatic carbocycles. The standard InChI is InChI=1S/C16H16ClFN2S/c17-12-7-10(3-6-13(12)18)16-20-15(9-1-2-9)14(21-16)8-19-11-4-5-11/h3,6-7,9,11,19H,1-2,4-5,8H2. The first kappa shape index (κ1) is 13.7. The highest BCUT2D eigenvalue weighted by atomic mass is 35.5. The quantitative estimate of drug-likeness (QED) is 0.860. The normalized spacial score (nSPS) is 18.2. The third-order valence-corrected chi connectivity index (χ3v) is 5.40. The Morgan fingerprint density at radius 1 is 1.29 bits per heavy atom. The fourth-order valence-electron chi connectivity index (χ4n) is 2.44. The Hall–Kier alpha value is -0.970. The molecule has 0 amide bonds. The summed E-state index contributed by atoms with van der Waals surface area (Å²) < 4.78 is 13.3. The molecule has 0 radical (unpaired) electrons. The Labute approximate surface area is 132 Å². The van der Waals surface area contributed by atoms with E-state index in [1.807, 2.05) is 0 Å². The van der Waals surface area contributed by atoms with Gasteiger partial charge >= 0.3 is 0 Å². The molecule has 1 aromatic heterocycles. The maximum Gasteiger partial charge on any atom is 0.141 e. The summed E-state index contributed by atoms with van der Waals surface area (Å²) in [6, 6.07) is 5.54. The zero-order valence-electron chi connectivity index (χ0n) is 11.5. The van der Waals surface area contributed by atoms with E-state index in [2.05, 4.69) is 5.32 Å². The van der Waals surface area contributed by atoms with Crippen LogP contribution in [0.25, 0.3) is 10.6 Å². The Morgan fingerprint density at radius 3 is 2.76 bits per heavy atom. The lowest BCUT2D eigenvalue weighted by molar-refractivity contribution is 0.628. The number of halogens is 2. The molecule has 0 bridgehead atoms. The summed E-state index contributed by atoms with van der Waals surface area (Å²) in [6.07, 6.45) is 5.06. The minimum atomic E-state index is -0.380. The third-order valence-electron chi connectivity index (χ3n) is 3.99. The van der Waals surface area contributed by atoms with Gasteiger partial charge in [-0.1, -0.05) is 11.6 Å². The summed E-state index contributed by atoms with van der Waals surface area (Å²) in [6.45, 7) is 0.906. The lowest BCUT2D eigenvalue weighted by atomic mass is 10.2. The van der Waals surface area contributed by atoms with Crippen LogP contribution in [0.1, 0.15) is 42.2 Å². The Morgan fingerprint density at radius 2 is 2.10 bits per heavy atom. The van der Waals surface area contributed by atoms with E-state index in [1.54, 1.807) is 23.5 Å². The van der Waals surface area contributed by atoms with Gasteiger partial charge in [0.1, 0.15) is 10.8 Å². The highest BCUT2D eigenvalue weighted by Gasteiger charge is 2.30. The molecule has 4 rings (SSSR count). The smallest absolute Gasteiger partial charge is 0.141 e. The van der Waals surface area contributed by atoms with Gasteiger partial charge < -0.3 is 5.32 Å². The number of aromatic nitrogens is 1. The largest absolute Gasteiger partial charge is 0.309 e. The van der Waals surface area contributed by atoms with Crippen molar-refractivity contribution in [1.29, 1.82) is 0 Å². The van der Waals surface area contributed by atoms with E-state index in [1.165, 1.54) is 42.3 Å². The molecule has 1 heterocycles. The van der Waals surface area contributed by atoms with E-state index in [0.29, 0.717) is 12.0 Å². The van der Waals surface area contributed by atoms with Crippen LogP contribution >= 0.6 is 22.9 Å². The van der Waals surface area contributed by atoms with Crippen LogP contribution in [0.3, 0.4) is 0 Å². The molecule has 0 aliphatic heterocycles. The molecule has 2 saturated carbocycles. The van der Waals surface area contributed by atoms with Crippen molar-refractivity contribution in [2.45, 2.75) is 44.2 Å². The molecule has 0 spiro atoms. The summed E-state index contributed by atoms with van der Waals surface area (Å²) in [5, 5.41) is 4.68. The van der Waals surface area contributed by atoms with Crippen LogP contribution in [-0.2, 0) is 6.54 Å². The van der Waals surface area contributed by atoms with Gasteiger partial charge in [-0.25, -0.2) is 9.37 Å². The number of nitrogens with zero attached hydrogens (tertiary/aromatic N) is 1. The minimum Gasteiger partial charge on any atom is -0.309 e. The van der Waals surface area contributed by atoms with Gasteiger partial charge in [0.25, 0.3) is 0 Å². The molecule has 5 heteroatoms. The first-order valence-electron chi connectivity index (χ1n) is 7.39. The second kappa shape index (κ2) is 5.34. The highest BCUT2D eigenvalue weighted by molar-refractivity contribution is 7.15. The topological polar surface area (TPSA) is 24.9 Å². The van der Waals surface area contributed by atoms with Crippen LogP contribution in [0.15, 0.2) is 18.2 Å². The zero-order valence-corrected chi connectivity index (χ0v) is 13.1. The van der Waals surface area contributed by atoms with Gasteiger partial charge in [0.05, 0.1) is 10.7 Å². The van der Waals surface area contributed by atoms with E-state index in [-0.39, 0.29) is 10.8 Å². The number of hydrogen-bond acceptors (Lipinski definition) is 3. The van der Waals surface area contributed by atoms with Crippen molar-refractivity contribution < 1.29 is 4.39 Å². The summed E-state index contributed by atoms with van der Waals surface area (Å²) >= 11 is 7.60. The molecule has 1 N–H and O–H groups in total. The van der Waals surface area contributed by atoms with Crippen LogP contribution in [0.2, 0.25) is 5.02 Å². The van der Waals surface area contributed by atoms with Crippen molar-refractivity contribution in [3.05, 3.63) is 39.6 Å². The van der Waals surface area contributed by atoms with Crippen LogP contribution in [0, 0.1) is 5.82 Å². The summed E-state index contributed by atoms with van der Waals surface area (Å²) in [5.41, 5.74) is 2.15. The average Bonchev–Trinajstić information content (AvgIpc) is 3.39. The molecule has 2 nitrogen and oxygen atoms in total. The molecular weight excluding hydrogens is 307 g/mol. The van der Waals surface area contributed by atoms with E-state index in [9.17, 15) is 4.39 Å². The first-order chi connectivity index (χ1) is 10.2. The molecule has 21 heavy (non-hydrogen) atoms. The van der Waals surface area contributed by atoms with Crippen molar-refractivity contribution >= 4 is 22.9 Å². The fourth-order valence-corrected chi connectivity index (χ4v) is 3.72. The number of rotatable bonds is 5. The van der Waals surface area contributed by atoms with Crippen molar-refractivity contribution in [2.75, 3.05) is 0 Å². The highest BCUT2D eigenvalue weighted by Crippen LogP contribution is 2.44. The summed E-state index contributed by atoms with van der Waals surface area (Å²) in [4.78, 5) is 6.14. The van der Waals surface area contributed by atoms with E-state index in [0.717, 1.165) is 17.1 Å². The van der Waals surface area contributed by atoms with Gasteiger partial charge in [-0.15, -0.1) is 11.3 Å². The van der Waals surface area contributed by atoms with Gasteiger partial charge in [0, 0.05) is 28.9 Å². The maximum atomic E-state index is 13.3. The second-order valence-electron chi connectivity index (χ2n) is 5.89. The molecule has 2 aromatic rings. The van der Waals surface area contributed by atoms with Gasteiger partial charge in [-0.2, -0.15) is 0 Å². The average molecular weight is 323 g/mol. The molecule has 2 fully saturated rings. The van der Waals surface area contributed by atoms with Crippen molar-refractivity contribution in [3.63, 3.8) is 0 Å². The fraction of sp³-hybridized carbons (Fsp3) is 0.438. The SMILES string of the molecule is Fc1ccc(-c2nc(C3CC3)c(CNC3CC3)s2)cc1Cl. The van der Waals surface area contributed by atoms with Gasteiger partial charge in [0.15, 0.2) is 0 Å². The lowest BCUT2D eigenvalue weighted by Gasteiger charge is -2.01. The maximum absolute atomic E-state index is 13.3. The summed E-state index contributed by atoms with van der Waals surface area (Å²) in [5.74, 6) is 0.247. The van der Waals surface area contributed by atoms with Gasteiger partial charge in [-0.05, 0) is 43.9 Å². The Bertz CT molecular complexity index is 677. The van der Waals surface area contributed by atoms with Crippen LogP contribution < -0.4 is 5.32 Å². The Balaban J connectivity index is 1.64. The van der Waals surface area contributed by atoms with Crippen LogP contribution in [0.4, 0.5) is 4.39 Å². The Kier molecular flexibility index (Phi) is 3.48.